The summed E-state index contributed by atoms with van der Waals surface area (Å²) in [5.74, 6) is 0.215. The monoisotopic (exact) mass is 392 g/mol. The van der Waals surface area contributed by atoms with Gasteiger partial charge in [0.25, 0.3) is 0 Å². The molecule has 0 spiro atoms. The molecule has 6 heteroatoms. The van der Waals surface area contributed by atoms with Crippen LogP contribution in [-0.4, -0.2) is 52.4 Å². The topological polar surface area (TPSA) is 49.3 Å². The van der Waals surface area contributed by atoms with Crippen LogP contribution in [0.15, 0.2) is 60.2 Å². The molecule has 1 aliphatic heterocycles. The van der Waals surface area contributed by atoms with Crippen molar-refractivity contribution in [2.24, 2.45) is 0 Å². The first kappa shape index (κ1) is 18.8. The molecule has 0 N–H and O–H groups in total. The molecule has 1 aromatic carbocycles. The molecule has 5 nitrogen and oxygen atoms in total. The number of carbonyl (C=O) groups is 1. The van der Waals surface area contributed by atoms with Crippen molar-refractivity contribution in [1.82, 2.24) is 19.8 Å². The smallest absolute Gasteiger partial charge is 0.223 e. The molecule has 1 aliphatic rings. The average Bonchev–Trinajstić information content (AvgIpc) is 3.23. The lowest BCUT2D eigenvalue weighted by molar-refractivity contribution is -0.134. The van der Waals surface area contributed by atoms with Gasteiger partial charge in [-0.25, -0.2) is 4.98 Å². The minimum atomic E-state index is 0.215. The summed E-state index contributed by atoms with van der Waals surface area (Å²) in [4.78, 5) is 25.9. The van der Waals surface area contributed by atoms with Crippen molar-refractivity contribution in [3.05, 3.63) is 71.5 Å². The van der Waals surface area contributed by atoms with Gasteiger partial charge in [-0.3, -0.25) is 14.7 Å². The number of hydrogen-bond acceptors (Lipinski definition) is 5. The molecule has 1 atom stereocenters. The highest BCUT2D eigenvalue weighted by atomic mass is 32.1. The first-order valence-electron chi connectivity index (χ1n) is 9.58. The van der Waals surface area contributed by atoms with E-state index < -0.39 is 0 Å². The number of aryl methyl sites for hydroxylation is 1. The van der Waals surface area contributed by atoms with E-state index in [-0.39, 0.29) is 11.9 Å². The second-order valence-corrected chi connectivity index (χ2v) is 7.98. The first-order valence-corrected chi connectivity index (χ1v) is 10.5. The number of hydrogen-bond donors (Lipinski definition) is 0. The molecule has 2 aromatic heterocycles. The van der Waals surface area contributed by atoms with Crippen LogP contribution in [0, 0.1) is 0 Å². The van der Waals surface area contributed by atoms with Gasteiger partial charge in [-0.2, -0.15) is 0 Å². The van der Waals surface area contributed by atoms with Crippen molar-refractivity contribution in [2.45, 2.75) is 18.9 Å². The first-order chi connectivity index (χ1) is 13.7. The van der Waals surface area contributed by atoms with Crippen molar-refractivity contribution < 1.29 is 4.79 Å². The van der Waals surface area contributed by atoms with Gasteiger partial charge in [-0.15, -0.1) is 11.3 Å². The van der Waals surface area contributed by atoms with E-state index in [1.165, 1.54) is 5.56 Å². The van der Waals surface area contributed by atoms with Crippen molar-refractivity contribution >= 4 is 17.2 Å². The Balaban J connectivity index is 1.36. The minimum Gasteiger partial charge on any atom is -0.339 e. The highest BCUT2D eigenvalue weighted by molar-refractivity contribution is 7.13. The number of aromatic nitrogens is 2. The molecule has 28 heavy (non-hydrogen) atoms. The number of pyridine rings is 1. The Bertz CT molecular complexity index is 913. The van der Waals surface area contributed by atoms with Crippen LogP contribution in [0.2, 0.25) is 0 Å². The van der Waals surface area contributed by atoms with Gasteiger partial charge in [0.05, 0.1) is 11.7 Å². The van der Waals surface area contributed by atoms with Gasteiger partial charge in [0.15, 0.2) is 0 Å². The Morgan fingerprint density at radius 2 is 1.93 bits per heavy atom. The zero-order valence-electron chi connectivity index (χ0n) is 16.0. The summed E-state index contributed by atoms with van der Waals surface area (Å²) in [6, 6.07) is 14.6. The number of benzene rings is 1. The number of amides is 1. The predicted molar refractivity (Wildman–Crippen MR) is 112 cm³/mol. The van der Waals surface area contributed by atoms with Crippen molar-refractivity contribution in [3.8, 4) is 10.6 Å². The number of carbonyl (C=O) groups excluding carboxylic acids is 1. The second-order valence-electron chi connectivity index (χ2n) is 7.13. The molecule has 3 aromatic rings. The number of thiazole rings is 1. The molecule has 3 heterocycles. The Kier molecular flexibility index (Phi) is 5.78. The molecule has 144 valence electrons. The molecule has 1 amide bonds. The van der Waals surface area contributed by atoms with Gasteiger partial charge >= 0.3 is 0 Å². The Morgan fingerprint density at radius 1 is 1.14 bits per heavy atom. The van der Waals surface area contributed by atoms with E-state index in [9.17, 15) is 4.79 Å². The maximum Gasteiger partial charge on any atom is 0.223 e. The quantitative estimate of drug-likeness (QED) is 0.665. The maximum atomic E-state index is 12.8. The summed E-state index contributed by atoms with van der Waals surface area (Å²) in [6.07, 6.45) is 4.74. The largest absolute Gasteiger partial charge is 0.339 e. The molecular formula is C22H24N4OS. The van der Waals surface area contributed by atoms with Gasteiger partial charge < -0.3 is 4.90 Å². The summed E-state index contributed by atoms with van der Waals surface area (Å²) in [6.45, 7) is 2.44. The van der Waals surface area contributed by atoms with Gasteiger partial charge in [-0.05, 0) is 31.2 Å². The predicted octanol–water partition coefficient (Wildman–Crippen LogP) is 3.65. The zero-order valence-corrected chi connectivity index (χ0v) is 16.8. The summed E-state index contributed by atoms with van der Waals surface area (Å²) < 4.78 is 0. The molecular weight excluding hydrogens is 368 g/mol. The lowest BCUT2D eigenvalue weighted by Crippen LogP contribution is -2.49. The molecule has 4 rings (SSSR count). The number of rotatable bonds is 5. The molecule has 1 fully saturated rings. The fourth-order valence-electron chi connectivity index (χ4n) is 3.58. The molecule has 0 aliphatic carbocycles. The summed E-state index contributed by atoms with van der Waals surface area (Å²) in [5.41, 5.74) is 3.32. The lowest BCUT2D eigenvalue weighted by Gasteiger charge is -2.39. The van der Waals surface area contributed by atoms with E-state index in [1.54, 1.807) is 23.7 Å². The van der Waals surface area contributed by atoms with Crippen LogP contribution in [-0.2, 0) is 11.2 Å². The maximum absolute atomic E-state index is 12.8. The van der Waals surface area contributed by atoms with Gasteiger partial charge in [0, 0.05) is 49.4 Å². The fourth-order valence-corrected chi connectivity index (χ4v) is 4.44. The molecule has 0 saturated carbocycles. The van der Waals surface area contributed by atoms with E-state index in [0.29, 0.717) is 12.8 Å². The van der Waals surface area contributed by atoms with Crippen LogP contribution in [0.3, 0.4) is 0 Å². The lowest BCUT2D eigenvalue weighted by atomic mass is 10.0. The van der Waals surface area contributed by atoms with E-state index >= 15 is 0 Å². The third-order valence-corrected chi connectivity index (χ3v) is 6.20. The van der Waals surface area contributed by atoms with Crippen LogP contribution in [0.25, 0.3) is 10.6 Å². The zero-order chi connectivity index (χ0) is 19.3. The fraction of sp³-hybridized carbons (Fsp3) is 0.318. The third kappa shape index (κ3) is 4.29. The average molecular weight is 393 g/mol. The minimum absolute atomic E-state index is 0.215. The number of nitrogens with zero attached hydrogens (tertiary/aromatic N) is 4. The van der Waals surface area contributed by atoms with Crippen molar-refractivity contribution in [3.63, 3.8) is 0 Å². The summed E-state index contributed by atoms with van der Waals surface area (Å²) in [5, 5.41) is 3.04. The van der Waals surface area contributed by atoms with Crippen LogP contribution in [0.1, 0.15) is 23.7 Å². The third-order valence-electron chi connectivity index (χ3n) is 5.26. The molecule has 0 radical (unpaired) electrons. The van der Waals surface area contributed by atoms with Gasteiger partial charge in [-0.1, -0.05) is 30.3 Å². The number of piperazine rings is 1. The van der Waals surface area contributed by atoms with Crippen LogP contribution in [0.4, 0.5) is 0 Å². The Labute approximate surface area is 169 Å². The molecule has 1 saturated heterocycles. The second kappa shape index (κ2) is 8.63. The number of likely N-dealkylation sites (N-methyl/N-ethyl adjacent to an activating group) is 1. The summed E-state index contributed by atoms with van der Waals surface area (Å²) in [7, 11) is 2.13. The van der Waals surface area contributed by atoms with Crippen LogP contribution < -0.4 is 0 Å². The van der Waals surface area contributed by atoms with E-state index in [1.807, 2.05) is 23.1 Å². The van der Waals surface area contributed by atoms with Gasteiger partial charge in [0.2, 0.25) is 5.91 Å². The van der Waals surface area contributed by atoms with Crippen molar-refractivity contribution in [2.75, 3.05) is 26.7 Å². The highest BCUT2D eigenvalue weighted by Gasteiger charge is 2.28. The van der Waals surface area contributed by atoms with E-state index in [4.69, 9.17) is 0 Å². The summed E-state index contributed by atoms with van der Waals surface area (Å²) >= 11 is 1.62. The van der Waals surface area contributed by atoms with Crippen LogP contribution >= 0.6 is 11.3 Å². The van der Waals surface area contributed by atoms with E-state index in [0.717, 1.165) is 35.9 Å². The van der Waals surface area contributed by atoms with Crippen LogP contribution in [0.5, 0.6) is 0 Å². The van der Waals surface area contributed by atoms with E-state index in [2.05, 4.69) is 51.6 Å². The Hall–Kier alpha value is -2.57. The van der Waals surface area contributed by atoms with Crippen molar-refractivity contribution in [1.29, 1.82) is 0 Å². The highest BCUT2D eigenvalue weighted by Crippen LogP contribution is 2.25. The SMILES string of the molecule is CN1CCN(C(=O)CCc2csc(-c3ccncc3)n2)CC1c1ccccc1. The van der Waals surface area contributed by atoms with Gasteiger partial charge in [0.1, 0.15) is 5.01 Å². The molecule has 1 unspecified atom stereocenters. The normalized spacial score (nSPS) is 17.6. The Morgan fingerprint density at radius 3 is 2.71 bits per heavy atom. The molecule has 0 bridgehead atoms. The standard InChI is InChI=1S/C22H24N4OS/c1-25-13-14-26(15-20(25)17-5-3-2-4-6-17)21(27)8-7-19-16-28-22(24-19)18-9-11-23-12-10-18/h2-6,9-12,16,20H,7-8,13-15H2,1H3.